The number of aliphatic hydroxyl groups is 2. The van der Waals surface area contributed by atoms with E-state index in [9.17, 15) is 29.3 Å². The first-order valence-electron chi connectivity index (χ1n) is 15.7. The van der Waals surface area contributed by atoms with Crippen LogP contribution in [-0.4, -0.2) is 65.7 Å². The number of rotatable bonds is 28. The number of hydrogen-bond acceptors (Lipinski definition) is 9. The highest BCUT2D eigenvalue weighted by Crippen LogP contribution is 2.43. The summed E-state index contributed by atoms with van der Waals surface area (Å²) in [6.45, 7) is 1.84. The molecule has 0 heterocycles. The molecule has 0 aromatic heterocycles. The van der Waals surface area contributed by atoms with Crippen molar-refractivity contribution in [1.82, 2.24) is 0 Å². The standard InChI is InChI=1S/C33H55O10P/c1-3-5-7-9-11-12-13-14-15-16-17-18-19-21-23-25-33(37)43-31(27-35)29-41-44(38,39)40-28-30(26-34)42-32(36)24-22-20-10-8-6-4-2/h5,7,11-12,14-15,17-18,21,23,30-31,34-35H,3-4,6,8-10,13,16,19-20,22,24-29H2,1-2H3,(H,38,39)/b7-5-,12-11-,15-14-,18-17-,23-21-. The molecular formula is C33H55O10P. The summed E-state index contributed by atoms with van der Waals surface area (Å²) in [5, 5.41) is 18.9. The summed E-state index contributed by atoms with van der Waals surface area (Å²) in [5.74, 6) is -1.17. The van der Waals surface area contributed by atoms with Gasteiger partial charge in [-0.15, -0.1) is 0 Å². The van der Waals surface area contributed by atoms with Gasteiger partial charge in [0, 0.05) is 6.42 Å². The topological polar surface area (TPSA) is 149 Å². The molecule has 0 spiro atoms. The van der Waals surface area contributed by atoms with Gasteiger partial charge in [0.25, 0.3) is 0 Å². The molecule has 3 atom stereocenters. The number of allylic oxidation sites excluding steroid dienone is 9. The van der Waals surface area contributed by atoms with E-state index >= 15 is 0 Å². The first-order valence-corrected chi connectivity index (χ1v) is 17.2. The van der Waals surface area contributed by atoms with E-state index in [1.165, 1.54) is 0 Å². The highest BCUT2D eigenvalue weighted by molar-refractivity contribution is 7.47. The number of esters is 2. The zero-order valence-corrected chi connectivity index (χ0v) is 27.5. The van der Waals surface area contributed by atoms with E-state index in [0.29, 0.717) is 12.8 Å². The zero-order chi connectivity index (χ0) is 32.7. The third-order valence-corrected chi connectivity index (χ3v) is 6.98. The lowest BCUT2D eigenvalue weighted by Crippen LogP contribution is -2.28. The molecule has 0 amide bonds. The van der Waals surface area contributed by atoms with Gasteiger partial charge in [0.2, 0.25) is 0 Å². The average Bonchev–Trinajstić information content (AvgIpc) is 3.01. The third kappa shape index (κ3) is 27.2. The maximum Gasteiger partial charge on any atom is 0.472 e. The summed E-state index contributed by atoms with van der Waals surface area (Å²) in [5.41, 5.74) is 0. The van der Waals surface area contributed by atoms with Crippen molar-refractivity contribution in [2.45, 2.75) is 110 Å². The molecule has 0 rings (SSSR count). The van der Waals surface area contributed by atoms with Crippen LogP contribution in [0.15, 0.2) is 60.8 Å². The van der Waals surface area contributed by atoms with Crippen molar-refractivity contribution in [1.29, 1.82) is 0 Å². The summed E-state index contributed by atoms with van der Waals surface area (Å²) in [6, 6.07) is 0. The van der Waals surface area contributed by atoms with Crippen LogP contribution >= 0.6 is 7.82 Å². The van der Waals surface area contributed by atoms with Gasteiger partial charge >= 0.3 is 19.8 Å². The van der Waals surface area contributed by atoms with Gasteiger partial charge in [-0.2, -0.15) is 0 Å². The largest absolute Gasteiger partial charge is 0.472 e. The van der Waals surface area contributed by atoms with Gasteiger partial charge < -0.3 is 24.6 Å². The Balaban J connectivity index is 4.21. The normalized spacial score (nSPS) is 15.1. The minimum Gasteiger partial charge on any atom is -0.457 e. The molecular weight excluding hydrogens is 587 g/mol. The second-order valence-corrected chi connectivity index (χ2v) is 11.5. The highest BCUT2D eigenvalue weighted by Gasteiger charge is 2.27. The van der Waals surface area contributed by atoms with Gasteiger partial charge in [-0.05, 0) is 38.5 Å². The number of hydrogen-bond donors (Lipinski definition) is 3. The van der Waals surface area contributed by atoms with Gasteiger partial charge in [0.15, 0.2) is 0 Å². The lowest BCUT2D eigenvalue weighted by atomic mass is 10.1. The predicted octanol–water partition coefficient (Wildman–Crippen LogP) is 6.82. The van der Waals surface area contributed by atoms with Crippen molar-refractivity contribution < 1.29 is 47.8 Å². The van der Waals surface area contributed by atoms with Crippen molar-refractivity contribution in [2.24, 2.45) is 0 Å². The Morgan fingerprint density at radius 2 is 1.07 bits per heavy atom. The number of phosphoric acid groups is 1. The van der Waals surface area contributed by atoms with Crippen LogP contribution in [0.25, 0.3) is 0 Å². The van der Waals surface area contributed by atoms with Crippen molar-refractivity contribution >= 4 is 19.8 Å². The summed E-state index contributed by atoms with van der Waals surface area (Å²) in [4.78, 5) is 33.9. The van der Waals surface area contributed by atoms with Crippen LogP contribution in [-0.2, 0) is 32.7 Å². The van der Waals surface area contributed by atoms with Crippen LogP contribution < -0.4 is 0 Å². The number of unbranched alkanes of at least 4 members (excludes halogenated alkanes) is 5. The Morgan fingerprint density at radius 1 is 0.636 bits per heavy atom. The van der Waals surface area contributed by atoms with Gasteiger partial charge in [-0.25, -0.2) is 4.57 Å². The summed E-state index contributed by atoms with van der Waals surface area (Å²) in [6.07, 6.45) is 28.5. The van der Waals surface area contributed by atoms with Crippen LogP contribution in [0.5, 0.6) is 0 Å². The molecule has 0 fully saturated rings. The SMILES string of the molecule is CC/C=C\C/C=C\C/C=C\C/C=C\C/C=C\CC(=O)OC(CO)COP(=O)(O)OCC(CO)OC(=O)CCCCCCCC. The average molecular weight is 643 g/mol. The lowest BCUT2D eigenvalue weighted by molar-refractivity contribution is -0.153. The van der Waals surface area contributed by atoms with Crippen molar-refractivity contribution in [2.75, 3.05) is 26.4 Å². The van der Waals surface area contributed by atoms with E-state index in [4.69, 9.17) is 18.5 Å². The number of carbonyl (C=O) groups excluding carboxylic acids is 2. The maximum atomic E-state index is 12.2. The molecule has 0 radical (unpaired) electrons. The molecule has 3 N–H and O–H groups in total. The van der Waals surface area contributed by atoms with E-state index in [1.807, 2.05) is 18.2 Å². The van der Waals surface area contributed by atoms with Crippen LogP contribution in [0.4, 0.5) is 0 Å². The number of phosphoric ester groups is 1. The van der Waals surface area contributed by atoms with Crippen molar-refractivity contribution in [3.63, 3.8) is 0 Å². The number of aliphatic hydroxyl groups excluding tert-OH is 2. The molecule has 0 aromatic rings. The van der Waals surface area contributed by atoms with E-state index in [-0.39, 0.29) is 12.8 Å². The molecule has 11 heteroatoms. The minimum atomic E-state index is -4.64. The van der Waals surface area contributed by atoms with Crippen LogP contribution in [0.2, 0.25) is 0 Å². The molecule has 10 nitrogen and oxygen atoms in total. The second kappa shape index (κ2) is 29.4. The quantitative estimate of drug-likeness (QED) is 0.0359. The molecule has 252 valence electrons. The molecule has 0 aromatic carbocycles. The van der Waals surface area contributed by atoms with E-state index in [1.54, 1.807) is 6.08 Å². The van der Waals surface area contributed by atoms with Gasteiger partial charge in [-0.1, -0.05) is 107 Å². The Bertz CT molecular complexity index is 926. The monoisotopic (exact) mass is 642 g/mol. The molecule has 0 aliphatic rings. The highest BCUT2D eigenvalue weighted by atomic mass is 31.2. The summed E-state index contributed by atoms with van der Waals surface area (Å²) < 4.78 is 32.0. The van der Waals surface area contributed by atoms with Crippen molar-refractivity contribution in [3.8, 4) is 0 Å². The summed E-state index contributed by atoms with van der Waals surface area (Å²) >= 11 is 0. The van der Waals surface area contributed by atoms with Crippen LogP contribution in [0.3, 0.4) is 0 Å². The van der Waals surface area contributed by atoms with Gasteiger partial charge in [-0.3, -0.25) is 18.6 Å². The summed E-state index contributed by atoms with van der Waals surface area (Å²) in [7, 11) is -4.64. The first-order chi connectivity index (χ1) is 21.3. The Labute approximate surface area is 264 Å². The molecule has 0 bridgehead atoms. The number of carbonyl (C=O) groups is 2. The third-order valence-electron chi connectivity index (χ3n) is 6.03. The fraction of sp³-hybridized carbons (Fsp3) is 0.636. The second-order valence-electron chi connectivity index (χ2n) is 10.1. The Kier molecular flexibility index (Phi) is 27.8. The van der Waals surface area contributed by atoms with Crippen LogP contribution in [0.1, 0.15) is 97.3 Å². The first kappa shape index (κ1) is 41.7. The Hall–Kier alpha value is -2.33. The zero-order valence-electron chi connectivity index (χ0n) is 26.6. The van der Waals surface area contributed by atoms with E-state index < -0.39 is 58.4 Å². The fourth-order valence-electron chi connectivity index (χ4n) is 3.60. The molecule has 3 unspecified atom stereocenters. The predicted molar refractivity (Wildman–Crippen MR) is 173 cm³/mol. The van der Waals surface area contributed by atoms with Crippen LogP contribution in [0, 0.1) is 0 Å². The lowest BCUT2D eigenvalue weighted by Gasteiger charge is -2.20. The molecule has 0 saturated heterocycles. The maximum absolute atomic E-state index is 12.2. The van der Waals surface area contributed by atoms with Gasteiger partial charge in [0.05, 0.1) is 32.8 Å². The minimum absolute atomic E-state index is 0.0421. The number of ether oxygens (including phenoxy) is 2. The van der Waals surface area contributed by atoms with Gasteiger partial charge in [0.1, 0.15) is 12.2 Å². The van der Waals surface area contributed by atoms with Crippen molar-refractivity contribution in [3.05, 3.63) is 60.8 Å². The van der Waals surface area contributed by atoms with E-state index in [0.717, 1.165) is 57.8 Å². The fourth-order valence-corrected chi connectivity index (χ4v) is 4.38. The molecule has 44 heavy (non-hydrogen) atoms. The van der Waals surface area contributed by atoms with E-state index in [2.05, 4.69) is 50.3 Å². The Morgan fingerprint density at radius 3 is 1.55 bits per heavy atom. The molecule has 0 aliphatic carbocycles. The molecule has 0 aliphatic heterocycles. The molecule has 0 saturated carbocycles. The smallest absolute Gasteiger partial charge is 0.457 e.